The molecule has 5 heteroatoms. The molecule has 0 aliphatic heterocycles. The van der Waals surface area contributed by atoms with Crippen molar-refractivity contribution in [1.29, 1.82) is 0 Å². The number of hydrogen-bond acceptors (Lipinski definition) is 4. The first-order valence-corrected chi connectivity index (χ1v) is 6.50. The van der Waals surface area contributed by atoms with Crippen molar-refractivity contribution < 1.29 is 19.7 Å². The van der Waals surface area contributed by atoms with E-state index in [1.165, 1.54) is 18.4 Å². The lowest BCUT2D eigenvalue weighted by Gasteiger charge is -2.03. The molecule has 0 spiro atoms. The smallest absolute Gasteiger partial charge is 0.328 e. The molecule has 5 nitrogen and oxygen atoms in total. The Hall–Kier alpha value is -3.08. The van der Waals surface area contributed by atoms with Gasteiger partial charge in [-0.15, -0.1) is 0 Å². The molecule has 0 saturated heterocycles. The summed E-state index contributed by atoms with van der Waals surface area (Å²) in [4.78, 5) is 14.8. The summed E-state index contributed by atoms with van der Waals surface area (Å²) in [7, 11) is 1.55. The lowest BCUT2D eigenvalue weighted by molar-refractivity contribution is -0.131. The molecule has 22 heavy (non-hydrogen) atoms. The molecule has 0 fully saturated rings. The number of phenolic OH excluding ortho intramolecular Hbond substituents is 1. The van der Waals surface area contributed by atoms with Crippen LogP contribution in [0.4, 0.5) is 5.69 Å². The molecule has 0 heterocycles. The third-order valence-electron chi connectivity index (χ3n) is 2.88. The minimum Gasteiger partial charge on any atom is -0.507 e. The second-order valence-electron chi connectivity index (χ2n) is 4.45. The minimum atomic E-state index is -1.00. The molecule has 2 aromatic rings. The van der Waals surface area contributed by atoms with Gasteiger partial charge in [-0.1, -0.05) is 12.1 Å². The Morgan fingerprint density at radius 3 is 2.77 bits per heavy atom. The Morgan fingerprint density at radius 1 is 1.23 bits per heavy atom. The van der Waals surface area contributed by atoms with Gasteiger partial charge in [0.2, 0.25) is 0 Å². The highest BCUT2D eigenvalue weighted by molar-refractivity contribution is 5.87. The van der Waals surface area contributed by atoms with E-state index in [1.54, 1.807) is 43.5 Å². The highest BCUT2D eigenvalue weighted by Gasteiger charge is 2.00. The van der Waals surface area contributed by atoms with E-state index in [0.717, 1.165) is 11.6 Å². The van der Waals surface area contributed by atoms with Crippen molar-refractivity contribution in [2.75, 3.05) is 7.11 Å². The van der Waals surface area contributed by atoms with Crippen LogP contribution in [0.1, 0.15) is 11.1 Å². The predicted octanol–water partition coefficient (Wildman–Crippen LogP) is 3.25. The van der Waals surface area contributed by atoms with E-state index in [-0.39, 0.29) is 5.75 Å². The van der Waals surface area contributed by atoms with Gasteiger partial charge in [0.1, 0.15) is 11.5 Å². The Morgan fingerprint density at radius 2 is 2.05 bits per heavy atom. The summed E-state index contributed by atoms with van der Waals surface area (Å²) in [6, 6.07) is 11.9. The fourth-order valence-corrected chi connectivity index (χ4v) is 1.78. The number of phenols is 1. The van der Waals surface area contributed by atoms with Crippen molar-refractivity contribution in [3.63, 3.8) is 0 Å². The largest absolute Gasteiger partial charge is 0.507 e. The van der Waals surface area contributed by atoms with E-state index >= 15 is 0 Å². The van der Waals surface area contributed by atoms with E-state index in [9.17, 15) is 9.90 Å². The van der Waals surface area contributed by atoms with Gasteiger partial charge >= 0.3 is 5.97 Å². The van der Waals surface area contributed by atoms with Crippen LogP contribution in [0, 0.1) is 0 Å². The number of benzene rings is 2. The summed E-state index contributed by atoms with van der Waals surface area (Å²) >= 11 is 0. The van der Waals surface area contributed by atoms with Crippen molar-refractivity contribution in [3.05, 3.63) is 59.7 Å². The fraction of sp³-hybridized carbons (Fsp3) is 0.0588. The Kier molecular flexibility index (Phi) is 4.93. The van der Waals surface area contributed by atoms with Crippen LogP contribution < -0.4 is 4.74 Å². The number of carboxylic acids is 1. The number of rotatable bonds is 5. The van der Waals surface area contributed by atoms with Crippen LogP contribution in [0.2, 0.25) is 0 Å². The average Bonchev–Trinajstić information content (AvgIpc) is 2.52. The first-order chi connectivity index (χ1) is 10.6. The summed E-state index contributed by atoms with van der Waals surface area (Å²) < 4.78 is 5.10. The third-order valence-corrected chi connectivity index (χ3v) is 2.88. The van der Waals surface area contributed by atoms with Gasteiger partial charge in [-0.05, 0) is 42.0 Å². The van der Waals surface area contributed by atoms with Crippen molar-refractivity contribution in [2.45, 2.75) is 0 Å². The zero-order valence-electron chi connectivity index (χ0n) is 11.9. The van der Waals surface area contributed by atoms with Gasteiger partial charge in [-0.25, -0.2) is 4.79 Å². The van der Waals surface area contributed by atoms with Gasteiger partial charge < -0.3 is 14.9 Å². The van der Waals surface area contributed by atoms with Crippen molar-refractivity contribution in [1.82, 2.24) is 0 Å². The molecule has 0 atom stereocenters. The molecular formula is C17H15NO4. The number of carboxylic acid groups (broad SMARTS) is 1. The average molecular weight is 297 g/mol. The second kappa shape index (κ2) is 7.08. The van der Waals surface area contributed by atoms with Gasteiger partial charge in [0.05, 0.1) is 12.8 Å². The van der Waals surface area contributed by atoms with Gasteiger partial charge in [0, 0.05) is 17.9 Å². The molecule has 0 saturated carbocycles. The Bertz CT molecular complexity index is 735. The van der Waals surface area contributed by atoms with Crippen molar-refractivity contribution in [2.24, 2.45) is 4.99 Å². The van der Waals surface area contributed by atoms with Gasteiger partial charge in [0.15, 0.2) is 0 Å². The van der Waals surface area contributed by atoms with Crippen molar-refractivity contribution in [3.8, 4) is 11.5 Å². The lowest BCUT2D eigenvalue weighted by Crippen LogP contribution is -1.87. The van der Waals surface area contributed by atoms with Gasteiger partial charge in [-0.3, -0.25) is 4.99 Å². The van der Waals surface area contributed by atoms with E-state index < -0.39 is 5.97 Å². The number of methoxy groups -OCH3 is 1. The first kappa shape index (κ1) is 15.3. The maximum atomic E-state index is 10.5. The van der Waals surface area contributed by atoms with Crippen LogP contribution in [-0.4, -0.2) is 29.5 Å². The summed E-state index contributed by atoms with van der Waals surface area (Å²) in [5, 5.41) is 18.4. The molecule has 2 N–H and O–H groups in total. The van der Waals surface area contributed by atoms with E-state index in [1.807, 2.05) is 0 Å². The Labute approximate surface area is 127 Å². The summed E-state index contributed by atoms with van der Waals surface area (Å²) in [5.74, 6) is -0.279. The number of ether oxygens (including phenoxy) is 1. The fourth-order valence-electron chi connectivity index (χ4n) is 1.78. The van der Waals surface area contributed by atoms with E-state index in [2.05, 4.69) is 4.99 Å². The molecule has 0 unspecified atom stereocenters. The molecule has 2 aromatic carbocycles. The minimum absolute atomic E-state index is 0.103. The number of hydrogen-bond donors (Lipinski definition) is 2. The molecule has 0 bridgehead atoms. The maximum Gasteiger partial charge on any atom is 0.328 e. The van der Waals surface area contributed by atoms with Gasteiger partial charge in [0.25, 0.3) is 0 Å². The zero-order chi connectivity index (χ0) is 15.9. The van der Waals surface area contributed by atoms with E-state index in [4.69, 9.17) is 9.84 Å². The van der Waals surface area contributed by atoms with Crippen LogP contribution in [0.15, 0.2) is 53.5 Å². The van der Waals surface area contributed by atoms with Crippen LogP contribution >= 0.6 is 0 Å². The predicted molar refractivity (Wildman–Crippen MR) is 85.0 cm³/mol. The second-order valence-corrected chi connectivity index (χ2v) is 4.45. The van der Waals surface area contributed by atoms with Crippen LogP contribution in [-0.2, 0) is 4.79 Å². The van der Waals surface area contributed by atoms with Gasteiger partial charge in [-0.2, -0.15) is 0 Å². The number of aliphatic carboxylic acids is 1. The molecule has 112 valence electrons. The van der Waals surface area contributed by atoms with Crippen LogP contribution in [0.5, 0.6) is 11.5 Å². The molecule has 0 radical (unpaired) electrons. The zero-order valence-corrected chi connectivity index (χ0v) is 11.9. The van der Waals surface area contributed by atoms with E-state index in [0.29, 0.717) is 17.0 Å². The SMILES string of the molecule is COc1ccc(O)c(C=Nc2cccc(/C=C/C(=O)O)c2)c1. The normalized spacial score (nSPS) is 11.1. The summed E-state index contributed by atoms with van der Waals surface area (Å²) in [5.41, 5.74) is 1.91. The Balaban J connectivity index is 2.23. The molecule has 2 rings (SSSR count). The monoisotopic (exact) mass is 297 g/mol. The standard InChI is InChI=1S/C17H15NO4/c1-22-15-6-7-16(19)13(10-15)11-18-14-4-2-3-12(9-14)5-8-17(20)21/h2-11,19H,1H3,(H,20,21)/b8-5+,18-11?. The topological polar surface area (TPSA) is 79.1 Å². The quantitative estimate of drug-likeness (QED) is 0.656. The molecule has 0 amide bonds. The lowest BCUT2D eigenvalue weighted by atomic mass is 10.2. The number of nitrogens with zero attached hydrogens (tertiary/aromatic N) is 1. The number of aromatic hydroxyl groups is 1. The molecular weight excluding hydrogens is 282 g/mol. The molecule has 0 aliphatic rings. The number of aliphatic imine (C=N–C) groups is 1. The first-order valence-electron chi connectivity index (χ1n) is 6.50. The van der Waals surface area contributed by atoms with Crippen LogP contribution in [0.3, 0.4) is 0 Å². The van der Waals surface area contributed by atoms with Crippen molar-refractivity contribution >= 4 is 23.9 Å². The number of carbonyl (C=O) groups is 1. The third kappa shape index (κ3) is 4.21. The highest BCUT2D eigenvalue weighted by atomic mass is 16.5. The maximum absolute atomic E-state index is 10.5. The molecule has 0 aromatic heterocycles. The highest BCUT2D eigenvalue weighted by Crippen LogP contribution is 2.22. The summed E-state index contributed by atoms with van der Waals surface area (Å²) in [6.07, 6.45) is 4.08. The van der Waals surface area contributed by atoms with Crippen LogP contribution in [0.25, 0.3) is 6.08 Å². The summed E-state index contributed by atoms with van der Waals surface area (Å²) in [6.45, 7) is 0. The molecule has 0 aliphatic carbocycles.